The Morgan fingerprint density at radius 3 is 1.15 bits per heavy atom. The number of halogens is 1. The number of phenols is 1. The van der Waals surface area contributed by atoms with E-state index in [1.54, 1.807) is 152 Å². The third-order valence-electron chi connectivity index (χ3n) is 17.9. The van der Waals surface area contributed by atoms with Gasteiger partial charge in [-0.25, -0.2) is 0 Å². The minimum absolute atomic E-state index is 0.00296. The fraction of sp³-hybridized carbons (Fsp3) is 0.134. The number of nitrogens with one attached hydrogen (secondary N) is 1. The molecule has 13 aromatic rings. The monoisotopic (exact) mass is 1830 g/mol. The Balaban J connectivity index is 0.000000239. The van der Waals surface area contributed by atoms with Gasteiger partial charge in [-0.15, -0.1) is 32.1 Å². The first-order chi connectivity index (χ1) is 61.7. The Kier molecular flexibility index (Phi) is 41.6. The Morgan fingerprint density at radius 2 is 0.814 bits per heavy atom. The number of rotatable bonds is 20. The van der Waals surface area contributed by atoms with Gasteiger partial charge in [-0.05, 0) is 188 Å². The summed E-state index contributed by atoms with van der Waals surface area (Å²) in [4.78, 5) is 71.3. The molecule has 32 heteroatoms. The van der Waals surface area contributed by atoms with Crippen molar-refractivity contribution in [3.63, 3.8) is 0 Å². The maximum absolute atomic E-state index is 11.3. The fourth-order valence-electron chi connectivity index (χ4n) is 11.6. The zero-order chi connectivity index (χ0) is 94.6. The molecule has 654 valence electrons. The van der Waals surface area contributed by atoms with Crippen LogP contribution in [-0.2, 0) is 16.4 Å². The number of nitro groups is 4. The summed E-state index contributed by atoms with van der Waals surface area (Å²) >= 11 is 3.68. The van der Waals surface area contributed by atoms with Crippen LogP contribution < -0.4 is 35.7 Å². The summed E-state index contributed by atoms with van der Waals surface area (Å²) in [5, 5.41) is 81.9. The molecule has 0 saturated heterocycles. The molecule has 0 amide bonds. The van der Waals surface area contributed by atoms with Gasteiger partial charge in [0, 0.05) is 112 Å². The summed E-state index contributed by atoms with van der Waals surface area (Å²) in [6, 6.07) is 74.4. The van der Waals surface area contributed by atoms with Crippen molar-refractivity contribution in [3.05, 3.63) is 329 Å². The number of nitro benzene ring substituents is 4. The molecule has 0 bridgehead atoms. The number of hydrogen-bond acceptors (Lipinski definition) is 24. The average Bonchev–Trinajstić information content (AvgIpc) is 0.729. The van der Waals surface area contributed by atoms with Crippen LogP contribution in [0.15, 0.2) is 271 Å². The molecule has 1 heterocycles. The van der Waals surface area contributed by atoms with Crippen molar-refractivity contribution in [2.24, 2.45) is 21.3 Å². The predicted molar refractivity (Wildman–Crippen MR) is 511 cm³/mol. The van der Waals surface area contributed by atoms with Crippen LogP contribution in [0.3, 0.4) is 0 Å². The van der Waals surface area contributed by atoms with Gasteiger partial charge in [-0.2, -0.15) is 0 Å². The number of aldehydes is 2. The molecule has 1 aliphatic rings. The van der Waals surface area contributed by atoms with E-state index in [-0.39, 0.29) is 60.3 Å². The van der Waals surface area contributed by atoms with Crippen molar-refractivity contribution in [3.8, 4) is 90.5 Å². The van der Waals surface area contributed by atoms with Crippen LogP contribution in [0.25, 0.3) is 43.1 Å². The number of alkyl halides is 1. The molecule has 0 aliphatic carbocycles. The van der Waals surface area contributed by atoms with Crippen molar-refractivity contribution >= 4 is 162 Å². The number of nitrogens with two attached hydrogens (primary N) is 2. The molecule has 3 atom stereocenters. The van der Waals surface area contributed by atoms with E-state index in [0.29, 0.717) is 71.9 Å². The van der Waals surface area contributed by atoms with Crippen LogP contribution in [0.4, 0.5) is 51.2 Å². The van der Waals surface area contributed by atoms with Crippen molar-refractivity contribution in [1.29, 1.82) is 0 Å². The van der Waals surface area contributed by atoms with E-state index < -0.39 is 38.5 Å². The van der Waals surface area contributed by atoms with Gasteiger partial charge >= 0.3 is 45.5 Å². The number of aliphatic hydroxyl groups excluding tert-OH is 1. The van der Waals surface area contributed by atoms with Crippen LogP contribution in [-0.4, -0.2) is 120 Å². The molecule has 13 aromatic carbocycles. The number of aliphatic hydroxyl groups is 1. The van der Waals surface area contributed by atoms with E-state index in [1.807, 2.05) is 119 Å². The maximum atomic E-state index is 11.3. The molecule has 3 unspecified atom stereocenters. The van der Waals surface area contributed by atoms with Crippen LogP contribution in [0.1, 0.15) is 72.5 Å². The first-order valence-corrected chi connectivity index (χ1v) is 42.7. The zero-order valence-electron chi connectivity index (χ0n) is 69.9. The number of anilines is 3. The average molecular weight is 1830 g/mol. The summed E-state index contributed by atoms with van der Waals surface area (Å²) in [7, 11) is -3.33. The van der Waals surface area contributed by atoms with Crippen molar-refractivity contribution in [2.45, 2.75) is 39.8 Å². The second-order valence-corrected chi connectivity index (χ2v) is 31.8. The number of aromatic hydroxyl groups is 1. The Bertz CT molecular complexity index is 6270. The SMILES string of the molecule is C#CCBr.C#CCOc1ccc(N)cc1.C#CCOc1ccc(N=Cc2cccc3ccc([N+](=O)[O-])cc23)cc1.C#CCOc1ccc(N=Cc2cccc3ccc([N+](=O)[O-])cc23)cc1.C#CCOc1ccc2c(c1)C(O)C(C)(C)C(c1cccc3ccc([N+](=O)[O-])cc13)N2.CC(C)C=O.Nc1ccc(O)cc1.O=Cc1cccc2ccc([N+](=O)[O-])cc12.O=[S](O)(=[Mg])OO. The predicted octanol–water partition coefficient (Wildman–Crippen LogP) is 19.9. The van der Waals surface area contributed by atoms with E-state index in [1.165, 1.54) is 30.3 Å². The summed E-state index contributed by atoms with van der Waals surface area (Å²) in [6.45, 7) is 8.55. The number of carbonyl (C=O) groups excluding carboxylic acids is 2. The van der Waals surface area contributed by atoms with E-state index >= 15 is 0 Å². The Hall–Kier alpha value is -15.4. The third-order valence-corrected chi connectivity index (χ3v) is 18.7. The summed E-state index contributed by atoms with van der Waals surface area (Å²) in [6.07, 6.45) is 29.5. The summed E-state index contributed by atoms with van der Waals surface area (Å²) < 4.78 is 41.8. The van der Waals surface area contributed by atoms with E-state index in [0.717, 1.165) is 94.7 Å². The number of fused-ring (bicyclic) bond motifs is 5. The zero-order valence-corrected chi connectivity index (χ0v) is 73.8. The number of benzene rings is 13. The molecule has 0 spiro atoms. The second-order valence-electron chi connectivity index (χ2n) is 27.7. The van der Waals surface area contributed by atoms with Gasteiger partial charge in [0.15, 0.2) is 6.29 Å². The van der Waals surface area contributed by atoms with Crippen LogP contribution >= 0.6 is 15.9 Å². The van der Waals surface area contributed by atoms with Gasteiger partial charge in [0.25, 0.3) is 22.7 Å². The molecule has 1 aliphatic heterocycles. The van der Waals surface area contributed by atoms with Crippen molar-refractivity contribution in [2.75, 3.05) is 48.5 Å². The van der Waals surface area contributed by atoms with Crippen LogP contribution in [0, 0.1) is 114 Å². The second kappa shape index (κ2) is 52.4. The van der Waals surface area contributed by atoms with E-state index in [9.17, 15) is 59.4 Å². The Labute approximate surface area is 763 Å². The van der Waals surface area contributed by atoms with Crippen LogP contribution in [0.2, 0.25) is 0 Å². The van der Waals surface area contributed by atoms with Crippen molar-refractivity contribution in [1.82, 2.24) is 0 Å². The molecule has 0 radical (unpaired) electrons. The van der Waals surface area contributed by atoms with Gasteiger partial charge in [-0.1, -0.05) is 146 Å². The number of phenolic OH excluding ortho intramolecular Hbond substituents is 1. The molecule has 129 heavy (non-hydrogen) atoms. The van der Waals surface area contributed by atoms with Gasteiger partial charge in [0.1, 0.15) is 61.5 Å². The third kappa shape index (κ3) is 33.2. The quantitative estimate of drug-likeness (QED) is 0.00356. The van der Waals surface area contributed by atoms with E-state index in [4.69, 9.17) is 77.4 Å². The number of non-ortho nitro benzene ring substituents is 4. The van der Waals surface area contributed by atoms with Gasteiger partial charge in [0.2, 0.25) is 0 Å². The summed E-state index contributed by atoms with van der Waals surface area (Å²) in [5.41, 5.74) is 17.7. The molecule has 0 aromatic heterocycles. The number of terminal acetylenes is 5. The number of nitrogen functional groups attached to an aromatic ring is 2. The van der Waals surface area contributed by atoms with Gasteiger partial charge in [0.05, 0.1) is 48.5 Å². The first kappa shape index (κ1) is 102. The van der Waals surface area contributed by atoms with Crippen molar-refractivity contribution < 1.29 is 76.8 Å². The molecule has 0 saturated carbocycles. The standard InChI is InChI=1S/C24H22N2O4.2C20H14N2O3.C11H7NO3.C9H9NO.C6H7NO.C4H8O.C3H3Br.Mg.H2O4S/c1-4-12-30-17-10-11-21-20(14-17)23(27)24(2,3)22(25-21)18-7-5-6-15-8-9-16(26(28)29)13-19(15)18;2*1-2-12-25-19-10-7-17(8-11-19)21-14-16-5-3-4-15-6-9-18(22(23)24)13-20(15)16;13-7-9-3-1-2-8-4-5-10(12(14)15)6-11(8)9;1-2-7-11-9-5-3-8(10)4-6-9;7-5-1-3-6(8)4-2-5;1-4(2)3-5;1-2-3-4;;1-4-5(2)3/h1,5-11,13-14,22-23,25,27H,12H2,2-3H3;2*1,3-11,13-14H,12H2;1-7H;1,3-6H,7,10H2;1-4,8H,7H2;3-4H,1-2H3;1H,3H2;;1H,(H,2,3). The first-order valence-electron chi connectivity index (χ1n) is 38.3. The molecular weight excluding hydrogens is 1750 g/mol. The molecule has 14 rings (SSSR count). The fourth-order valence-corrected chi connectivity index (χ4v) is 11.6. The van der Waals surface area contributed by atoms with Gasteiger partial charge in [-0.3, -0.25) is 55.2 Å². The number of aliphatic imine (C=N–C) groups is 2. The number of nitrogens with zero attached hydrogens (tertiary/aromatic N) is 6. The number of carbonyl (C=O) groups is 2. The molecule has 0 fully saturated rings. The molecule has 9 N–H and O–H groups in total. The normalized spacial score (nSPS) is 12.5. The Morgan fingerprint density at radius 1 is 0.496 bits per heavy atom. The number of ether oxygens (including phenoxy) is 4. The molecular formula is C97H86BrMgN9O20S. The van der Waals surface area contributed by atoms with Gasteiger partial charge < -0.3 is 50.7 Å². The minimum atomic E-state index is -3.33. The summed E-state index contributed by atoms with van der Waals surface area (Å²) in [5.74, 6) is 15.1. The van der Waals surface area contributed by atoms with Crippen LogP contribution in [0.5, 0.6) is 28.7 Å². The topological polar surface area (TPSA) is 440 Å². The number of hydrogen-bond donors (Lipinski definition) is 7. The molecule has 29 nitrogen and oxygen atoms in total. The van der Waals surface area contributed by atoms with E-state index in [2.05, 4.69) is 65.2 Å².